The number of ether oxygens (including phenoxy) is 4. The van der Waals surface area contributed by atoms with Gasteiger partial charge in [0.05, 0.1) is 13.2 Å². The number of phenols is 3. The molecule has 12 nitrogen and oxygen atoms in total. The number of esters is 2. The molecule has 15 bridgehead atoms. The van der Waals surface area contributed by atoms with Gasteiger partial charge in [-0.05, 0) is 213 Å². The second-order valence-corrected chi connectivity index (χ2v) is 34.1. The molecule has 17 atom stereocenters. The van der Waals surface area contributed by atoms with Crippen LogP contribution in [0.15, 0.2) is 145 Å². The molecule has 3 fully saturated rings. The molecule has 3 heterocycles. The molecule has 0 aromatic heterocycles. The van der Waals surface area contributed by atoms with Gasteiger partial charge in [-0.1, -0.05) is 158 Å². The molecule has 7 aliphatic carbocycles. The van der Waals surface area contributed by atoms with Gasteiger partial charge in [0.2, 0.25) is 0 Å². The van der Waals surface area contributed by atoms with E-state index in [2.05, 4.69) is 120 Å². The van der Waals surface area contributed by atoms with E-state index in [1.165, 1.54) is 40.0 Å². The van der Waals surface area contributed by atoms with Gasteiger partial charge in [0, 0.05) is 72.3 Å². The van der Waals surface area contributed by atoms with E-state index in [9.17, 15) is 30.3 Å². The van der Waals surface area contributed by atoms with Crippen LogP contribution >= 0.6 is 43.2 Å². The molecule has 498 valence electrons. The van der Waals surface area contributed by atoms with Crippen molar-refractivity contribution in [3.05, 3.63) is 201 Å². The number of hydrogen-bond donors (Lipinski definition) is 6. The summed E-state index contributed by atoms with van der Waals surface area (Å²) in [5.41, 5.74) is 10.2. The average Bonchev–Trinajstić information content (AvgIpc) is 0.680. The van der Waals surface area contributed by atoms with Gasteiger partial charge in [0.25, 0.3) is 0 Å². The molecule has 10 aliphatic rings. The smallest absolute Gasteiger partial charge is 0.317 e. The topological polar surface area (TPSA) is 184 Å². The number of methoxy groups -OCH3 is 1. The fourth-order valence-electron chi connectivity index (χ4n) is 20.2. The number of benzene rings is 7. The minimum Gasteiger partial charge on any atom is -0.508 e. The van der Waals surface area contributed by atoms with E-state index in [1.54, 1.807) is 30.0 Å². The Bertz CT molecular complexity index is 4460. The van der Waals surface area contributed by atoms with E-state index < -0.39 is 58.3 Å². The Morgan fingerprint density at radius 1 is 0.773 bits per heavy atom. The van der Waals surface area contributed by atoms with Crippen LogP contribution in [0, 0.1) is 64.6 Å². The second kappa shape index (κ2) is 25.3. The monoisotopic (exact) mass is 1370 g/mol. The third kappa shape index (κ3) is 10.9. The molecule has 1 spiro atoms. The van der Waals surface area contributed by atoms with Gasteiger partial charge in [0.1, 0.15) is 35.4 Å². The maximum Gasteiger partial charge on any atom is 0.317 e. The minimum atomic E-state index is -1.38. The van der Waals surface area contributed by atoms with E-state index in [0.717, 1.165) is 79.4 Å². The zero-order chi connectivity index (χ0) is 66.0. The van der Waals surface area contributed by atoms with E-state index in [0.29, 0.717) is 56.7 Å². The van der Waals surface area contributed by atoms with Crippen LogP contribution in [0.25, 0.3) is 28.0 Å². The van der Waals surface area contributed by atoms with E-state index in [1.807, 2.05) is 51.9 Å². The number of aliphatic hydroxyl groups excluding tert-OH is 2. The summed E-state index contributed by atoms with van der Waals surface area (Å²) in [5.74, 6) is 6.06. The highest BCUT2D eigenvalue weighted by atomic mass is 33.1. The summed E-state index contributed by atoms with van der Waals surface area (Å²) in [4.78, 5) is 32.1. The van der Waals surface area contributed by atoms with Crippen molar-refractivity contribution in [3.8, 4) is 51.7 Å². The van der Waals surface area contributed by atoms with Crippen LogP contribution in [-0.2, 0) is 62.5 Å². The standard InChI is InChI=1S/C81H79NO11S4/c1-43(83)92-72-33-58-32-64-62-35-74(70(86)28-52(62)26-65-69(85)36-67-63-34-71(87)73(90-2)29-53(63)27-68(72)81(67,78(64)65)56-18-15-46-9-3-4-11-48(46)24-56)91-40-76(88)97-95-42-54-37-80(79(89)93-58)55-17-16-50-25-57(84)31-61(60(50)30-55)49-13-7-8-44(23-49)38-82-39-45-14-19-59-66(80)20-21-75(77(54)59)96-94-41-51-12-6-5-10-47(51)22-45/h3-13,16-17,20-21,23-25,28-31,34-35,45,54,58-59,64-69,72,75-78,82,84-88H,15,18,22,26-27,32-33,36-42H2,1-2H3. The molecule has 0 saturated heterocycles. The summed E-state index contributed by atoms with van der Waals surface area (Å²) in [6, 6.07) is 43.2. The van der Waals surface area contributed by atoms with E-state index >= 15 is 4.79 Å². The molecular weight excluding hydrogens is 1290 g/mol. The summed E-state index contributed by atoms with van der Waals surface area (Å²) >= 11 is 0. The van der Waals surface area contributed by atoms with Crippen molar-refractivity contribution in [2.24, 2.45) is 52.8 Å². The lowest BCUT2D eigenvalue weighted by atomic mass is 9.38. The third-order valence-electron chi connectivity index (χ3n) is 24.0. The molecule has 7 aromatic carbocycles. The van der Waals surface area contributed by atoms with Gasteiger partial charge in [-0.25, -0.2) is 0 Å². The van der Waals surface area contributed by atoms with Crippen LogP contribution < -0.4 is 14.8 Å². The highest BCUT2D eigenvalue weighted by Gasteiger charge is 2.68. The maximum absolute atomic E-state index is 17.7. The van der Waals surface area contributed by atoms with Gasteiger partial charge in [-0.3, -0.25) is 9.59 Å². The number of fused-ring (bicyclic) bond motifs is 12. The molecule has 17 rings (SSSR count). The number of aliphatic hydroxyl groups is 2. The summed E-state index contributed by atoms with van der Waals surface area (Å²) in [6.45, 7) is 2.60. The SMILES string of the molecule is COc1cc2c(cc1O)C1CC(O)C3Cc4cc(O)c5cc4C4CC(CC(OC(C)=O)C(C2)C1(C1=Cc2ccccc2CC1)C43)OC(=O)C12CC(CSSC(O)CO5)C3C4C=CC1C3C#CC(CNCc1cccc(c1)-c1cc(O)cc3ccc2cc13)Cc1ccccc1CSS4. The van der Waals surface area contributed by atoms with Crippen LogP contribution in [0.3, 0.4) is 0 Å². The number of carbonyl (C=O) groups excluding carboxylic acids is 2. The summed E-state index contributed by atoms with van der Waals surface area (Å²) in [6.07, 6.45) is 8.69. The van der Waals surface area contributed by atoms with Gasteiger partial charge >= 0.3 is 11.9 Å². The van der Waals surface area contributed by atoms with Gasteiger partial charge < -0.3 is 49.8 Å². The Morgan fingerprint density at radius 3 is 2.48 bits per heavy atom. The zero-order valence-electron chi connectivity index (χ0n) is 54.2. The Balaban J connectivity index is 0.909. The Hall–Kier alpha value is -6.94. The van der Waals surface area contributed by atoms with Crippen LogP contribution in [0.4, 0.5) is 0 Å². The molecule has 17 unspecified atom stereocenters. The van der Waals surface area contributed by atoms with Gasteiger partial charge in [-0.2, -0.15) is 0 Å². The predicted octanol–water partition coefficient (Wildman–Crippen LogP) is 14.6. The molecule has 97 heavy (non-hydrogen) atoms. The lowest BCUT2D eigenvalue weighted by molar-refractivity contribution is -0.182. The molecule has 16 heteroatoms. The Labute approximate surface area is 582 Å². The summed E-state index contributed by atoms with van der Waals surface area (Å²) in [7, 11) is 8.22. The fourth-order valence-corrected chi connectivity index (χ4v) is 25.5. The van der Waals surface area contributed by atoms with Crippen molar-refractivity contribution >= 4 is 72.0 Å². The molecular formula is C81H79NO11S4. The first-order valence-electron chi connectivity index (χ1n) is 34.5. The average molecular weight is 1370 g/mol. The lowest BCUT2D eigenvalue weighted by Gasteiger charge is -2.66. The molecule has 6 N–H and O–H groups in total. The molecule has 0 amide bonds. The number of nitrogens with one attached hydrogen (secondary N) is 1. The molecule has 7 aromatic rings. The van der Waals surface area contributed by atoms with Crippen molar-refractivity contribution in [2.75, 3.05) is 26.0 Å². The molecule has 3 saturated carbocycles. The van der Waals surface area contributed by atoms with Crippen LogP contribution in [0.2, 0.25) is 0 Å². The normalized spacial score (nSPS) is 32.9. The third-order valence-corrected chi connectivity index (χ3v) is 29.3. The first-order valence-corrected chi connectivity index (χ1v) is 39.3. The second-order valence-electron chi connectivity index (χ2n) is 29.0. The molecule has 0 radical (unpaired) electrons. The van der Waals surface area contributed by atoms with Crippen molar-refractivity contribution in [1.29, 1.82) is 0 Å². The predicted molar refractivity (Wildman–Crippen MR) is 384 cm³/mol. The fraction of sp³-hybridized carbons (Fsp3) is 0.407. The van der Waals surface area contributed by atoms with Gasteiger partial charge in [-0.15, -0.1) is 0 Å². The zero-order valence-corrected chi connectivity index (χ0v) is 57.5. The van der Waals surface area contributed by atoms with Crippen LogP contribution in [-0.4, -0.2) is 92.5 Å². The van der Waals surface area contributed by atoms with Crippen LogP contribution in [0.5, 0.6) is 28.7 Å². The van der Waals surface area contributed by atoms with E-state index in [-0.39, 0.29) is 95.1 Å². The lowest BCUT2D eigenvalue weighted by Crippen LogP contribution is -2.64. The highest BCUT2D eigenvalue weighted by Crippen LogP contribution is 2.73. The highest BCUT2D eigenvalue weighted by molar-refractivity contribution is 8.77. The van der Waals surface area contributed by atoms with Crippen molar-refractivity contribution in [3.63, 3.8) is 0 Å². The summed E-state index contributed by atoms with van der Waals surface area (Å²) < 4.78 is 27.2. The van der Waals surface area contributed by atoms with Crippen molar-refractivity contribution in [1.82, 2.24) is 5.32 Å². The number of phenolic OH excluding ortho intramolecular Hbond substituents is 3. The van der Waals surface area contributed by atoms with Crippen LogP contribution in [0.1, 0.15) is 106 Å². The number of aryl methyl sites for hydroxylation is 1. The number of carbonyl (C=O) groups is 2. The van der Waals surface area contributed by atoms with Crippen molar-refractivity contribution in [2.45, 2.75) is 123 Å². The van der Waals surface area contributed by atoms with Crippen molar-refractivity contribution < 1.29 is 54.1 Å². The van der Waals surface area contributed by atoms with E-state index in [4.69, 9.17) is 18.9 Å². The number of aromatic hydroxyl groups is 3. The first-order chi connectivity index (χ1) is 47.2. The van der Waals surface area contributed by atoms with Gasteiger partial charge in [0.15, 0.2) is 23.0 Å². The number of rotatable bonds is 3. The largest absolute Gasteiger partial charge is 0.508 e. The number of allylic oxidation sites excluding steroid dienone is 2. The maximum atomic E-state index is 17.7. The first kappa shape index (κ1) is 63.5. The number of hydrogen-bond acceptors (Lipinski definition) is 16. The Kier molecular flexibility index (Phi) is 16.6. The summed E-state index contributed by atoms with van der Waals surface area (Å²) in [5, 5.41) is 66.6. The minimum absolute atomic E-state index is 0.00891. The quantitative estimate of drug-likeness (QED) is 0.0425. The molecule has 3 aliphatic heterocycles. The Morgan fingerprint density at radius 2 is 1.62 bits per heavy atom.